The highest BCUT2D eigenvalue weighted by Crippen LogP contribution is 2.30. The predicted molar refractivity (Wildman–Crippen MR) is 78.6 cm³/mol. The second-order valence-electron chi connectivity index (χ2n) is 4.56. The third-order valence-corrected chi connectivity index (χ3v) is 4.43. The van der Waals surface area contributed by atoms with E-state index in [0.717, 1.165) is 34.9 Å². The van der Waals surface area contributed by atoms with Crippen molar-refractivity contribution in [1.29, 1.82) is 0 Å². The van der Waals surface area contributed by atoms with E-state index in [1.807, 2.05) is 25.1 Å². The zero-order chi connectivity index (χ0) is 12.9. The van der Waals surface area contributed by atoms with Crippen LogP contribution < -0.4 is 4.74 Å². The van der Waals surface area contributed by atoms with E-state index >= 15 is 0 Å². The van der Waals surface area contributed by atoms with Gasteiger partial charge in [-0.25, -0.2) is 0 Å². The van der Waals surface area contributed by atoms with Gasteiger partial charge in [0.1, 0.15) is 5.75 Å². The summed E-state index contributed by atoms with van der Waals surface area (Å²) in [6, 6.07) is 5.75. The summed E-state index contributed by atoms with van der Waals surface area (Å²) in [4.78, 5) is 0. The Morgan fingerprint density at radius 2 is 1.94 bits per heavy atom. The standard InChI is InChI=1S/C14H21ClOS/c1-4-14(5-2,10-17)9-16-13-8-12(15)7-6-11(13)3/h6-8,17H,4-5,9-10H2,1-3H3. The fraction of sp³-hybridized carbons (Fsp3) is 0.571. The molecule has 0 bridgehead atoms. The third kappa shape index (κ3) is 3.82. The number of aryl methyl sites for hydroxylation is 1. The van der Waals surface area contributed by atoms with Gasteiger partial charge in [-0.05, 0) is 43.2 Å². The van der Waals surface area contributed by atoms with E-state index in [-0.39, 0.29) is 5.41 Å². The lowest BCUT2D eigenvalue weighted by atomic mass is 9.85. The molecule has 0 saturated heterocycles. The summed E-state index contributed by atoms with van der Waals surface area (Å²) < 4.78 is 5.92. The molecule has 0 atom stereocenters. The fourth-order valence-corrected chi connectivity index (χ4v) is 2.38. The van der Waals surface area contributed by atoms with Crippen LogP contribution in [0.1, 0.15) is 32.3 Å². The smallest absolute Gasteiger partial charge is 0.123 e. The minimum absolute atomic E-state index is 0.165. The maximum Gasteiger partial charge on any atom is 0.123 e. The quantitative estimate of drug-likeness (QED) is 0.735. The van der Waals surface area contributed by atoms with E-state index < -0.39 is 0 Å². The molecule has 1 nitrogen and oxygen atoms in total. The first-order valence-electron chi connectivity index (χ1n) is 6.06. The van der Waals surface area contributed by atoms with Crippen molar-refractivity contribution in [1.82, 2.24) is 0 Å². The molecule has 0 aliphatic carbocycles. The summed E-state index contributed by atoms with van der Waals surface area (Å²) in [5, 5.41) is 0.718. The van der Waals surface area contributed by atoms with Crippen molar-refractivity contribution in [3.8, 4) is 5.75 Å². The second kappa shape index (κ2) is 6.55. The molecule has 1 aromatic rings. The van der Waals surface area contributed by atoms with Gasteiger partial charge in [-0.1, -0.05) is 31.5 Å². The van der Waals surface area contributed by atoms with Gasteiger partial charge in [0.05, 0.1) is 6.61 Å². The van der Waals surface area contributed by atoms with Gasteiger partial charge in [-0.3, -0.25) is 0 Å². The predicted octanol–water partition coefficient (Wildman–Crippen LogP) is 4.76. The van der Waals surface area contributed by atoms with Crippen molar-refractivity contribution in [3.63, 3.8) is 0 Å². The lowest BCUT2D eigenvalue weighted by Gasteiger charge is -2.29. The van der Waals surface area contributed by atoms with Crippen LogP contribution in [0.25, 0.3) is 0 Å². The Hall–Kier alpha value is -0.340. The van der Waals surface area contributed by atoms with Crippen molar-refractivity contribution in [2.45, 2.75) is 33.6 Å². The molecule has 0 aliphatic rings. The average Bonchev–Trinajstić information content (AvgIpc) is 2.35. The number of hydrogen-bond donors (Lipinski definition) is 1. The van der Waals surface area contributed by atoms with Crippen molar-refractivity contribution < 1.29 is 4.74 Å². The lowest BCUT2D eigenvalue weighted by molar-refractivity contribution is 0.156. The zero-order valence-electron chi connectivity index (χ0n) is 10.8. The minimum atomic E-state index is 0.165. The van der Waals surface area contributed by atoms with E-state index in [4.69, 9.17) is 16.3 Å². The van der Waals surface area contributed by atoms with Crippen LogP contribution >= 0.6 is 24.2 Å². The molecular weight excluding hydrogens is 252 g/mol. The molecule has 96 valence electrons. The summed E-state index contributed by atoms with van der Waals surface area (Å²) in [5.41, 5.74) is 1.28. The molecule has 0 amide bonds. The first-order valence-corrected chi connectivity index (χ1v) is 7.07. The highest BCUT2D eigenvalue weighted by Gasteiger charge is 2.25. The van der Waals surface area contributed by atoms with Gasteiger partial charge in [-0.15, -0.1) is 0 Å². The Balaban J connectivity index is 2.75. The van der Waals surface area contributed by atoms with Crippen LogP contribution in [0, 0.1) is 12.3 Å². The summed E-state index contributed by atoms with van der Waals surface area (Å²) in [5.74, 6) is 1.73. The summed E-state index contributed by atoms with van der Waals surface area (Å²) in [7, 11) is 0. The summed E-state index contributed by atoms with van der Waals surface area (Å²) >= 11 is 10.4. The maximum absolute atomic E-state index is 5.97. The van der Waals surface area contributed by atoms with Crippen LogP contribution in [0.15, 0.2) is 18.2 Å². The normalized spacial score (nSPS) is 11.6. The number of rotatable bonds is 6. The topological polar surface area (TPSA) is 9.23 Å². The number of benzene rings is 1. The van der Waals surface area contributed by atoms with Crippen LogP contribution in [0.2, 0.25) is 5.02 Å². The van der Waals surface area contributed by atoms with Gasteiger partial charge in [0, 0.05) is 10.4 Å². The molecule has 0 aromatic heterocycles. The van der Waals surface area contributed by atoms with Crippen LogP contribution in [-0.4, -0.2) is 12.4 Å². The summed E-state index contributed by atoms with van der Waals surface area (Å²) in [6.07, 6.45) is 2.15. The van der Waals surface area contributed by atoms with E-state index in [2.05, 4.69) is 26.5 Å². The van der Waals surface area contributed by atoms with Gasteiger partial charge in [-0.2, -0.15) is 12.6 Å². The molecule has 0 heterocycles. The molecule has 1 rings (SSSR count). The Labute approximate surface area is 115 Å². The van der Waals surface area contributed by atoms with E-state index in [1.54, 1.807) is 0 Å². The second-order valence-corrected chi connectivity index (χ2v) is 5.32. The Bertz CT molecular complexity index is 353. The first-order chi connectivity index (χ1) is 8.06. The van der Waals surface area contributed by atoms with Crippen LogP contribution in [0.4, 0.5) is 0 Å². The average molecular weight is 273 g/mol. The van der Waals surface area contributed by atoms with Crippen LogP contribution in [0.3, 0.4) is 0 Å². The molecule has 0 N–H and O–H groups in total. The summed E-state index contributed by atoms with van der Waals surface area (Å²) in [6.45, 7) is 7.11. The maximum atomic E-state index is 5.97. The zero-order valence-corrected chi connectivity index (χ0v) is 12.4. The lowest BCUT2D eigenvalue weighted by Crippen LogP contribution is -2.29. The minimum Gasteiger partial charge on any atom is -0.493 e. The van der Waals surface area contributed by atoms with Crippen molar-refractivity contribution in [2.75, 3.05) is 12.4 Å². The van der Waals surface area contributed by atoms with Gasteiger partial charge >= 0.3 is 0 Å². The van der Waals surface area contributed by atoms with E-state index in [9.17, 15) is 0 Å². The molecule has 0 fully saturated rings. The van der Waals surface area contributed by atoms with Gasteiger partial charge in [0.15, 0.2) is 0 Å². The van der Waals surface area contributed by atoms with Gasteiger partial charge in [0.2, 0.25) is 0 Å². The highest BCUT2D eigenvalue weighted by molar-refractivity contribution is 7.80. The third-order valence-electron chi connectivity index (χ3n) is 3.52. The largest absolute Gasteiger partial charge is 0.493 e. The molecule has 0 spiro atoms. The van der Waals surface area contributed by atoms with Gasteiger partial charge < -0.3 is 4.74 Å². The van der Waals surface area contributed by atoms with Crippen molar-refractivity contribution in [2.24, 2.45) is 5.41 Å². The molecule has 1 aromatic carbocycles. The van der Waals surface area contributed by atoms with Crippen LogP contribution in [0.5, 0.6) is 5.75 Å². The number of ether oxygens (including phenoxy) is 1. The first kappa shape index (κ1) is 14.7. The van der Waals surface area contributed by atoms with Crippen molar-refractivity contribution >= 4 is 24.2 Å². The Morgan fingerprint density at radius 1 is 1.29 bits per heavy atom. The highest BCUT2D eigenvalue weighted by atomic mass is 35.5. The number of hydrogen-bond acceptors (Lipinski definition) is 2. The molecule has 0 radical (unpaired) electrons. The van der Waals surface area contributed by atoms with Crippen LogP contribution in [-0.2, 0) is 0 Å². The molecule has 0 aliphatic heterocycles. The molecular formula is C14H21ClOS. The van der Waals surface area contributed by atoms with Crippen molar-refractivity contribution in [3.05, 3.63) is 28.8 Å². The van der Waals surface area contributed by atoms with E-state index in [0.29, 0.717) is 6.61 Å². The molecule has 3 heteroatoms. The molecule has 0 unspecified atom stereocenters. The monoisotopic (exact) mass is 272 g/mol. The molecule has 17 heavy (non-hydrogen) atoms. The number of thiol groups is 1. The van der Waals surface area contributed by atoms with E-state index in [1.165, 1.54) is 0 Å². The molecule has 0 saturated carbocycles. The Morgan fingerprint density at radius 3 is 2.47 bits per heavy atom. The number of halogens is 1. The SMILES string of the molecule is CCC(CC)(CS)COc1cc(Cl)ccc1C. The van der Waals surface area contributed by atoms with Gasteiger partial charge in [0.25, 0.3) is 0 Å². The Kier molecular flexibility index (Phi) is 5.68. The fourth-order valence-electron chi connectivity index (χ4n) is 1.68.